The first-order valence-electron chi connectivity index (χ1n) is 7.92. The molecule has 0 bridgehead atoms. The summed E-state index contributed by atoms with van der Waals surface area (Å²) in [4.78, 5) is 2.57. The van der Waals surface area contributed by atoms with Crippen molar-refractivity contribution in [2.75, 3.05) is 11.4 Å². The average molecular weight is 337 g/mol. The normalized spacial score (nSPS) is 26.9. The summed E-state index contributed by atoms with van der Waals surface area (Å²) >= 11 is 3.78. The van der Waals surface area contributed by atoms with Gasteiger partial charge in [-0.1, -0.05) is 13.0 Å². The number of halogens is 1. The van der Waals surface area contributed by atoms with E-state index in [2.05, 4.69) is 58.2 Å². The Morgan fingerprint density at radius 2 is 2.00 bits per heavy atom. The van der Waals surface area contributed by atoms with Crippen molar-refractivity contribution < 1.29 is 0 Å². The van der Waals surface area contributed by atoms with Crippen molar-refractivity contribution in [2.45, 2.75) is 58.2 Å². The molecule has 1 saturated heterocycles. The van der Waals surface area contributed by atoms with E-state index in [0.29, 0.717) is 6.04 Å². The lowest BCUT2D eigenvalue weighted by atomic mass is 9.94. The maximum absolute atomic E-state index is 3.78. The summed E-state index contributed by atoms with van der Waals surface area (Å²) in [6, 6.07) is 8.29. The van der Waals surface area contributed by atoms with Gasteiger partial charge in [-0.3, -0.25) is 0 Å². The van der Waals surface area contributed by atoms with Crippen LogP contribution in [0.3, 0.4) is 0 Å². The molecule has 1 heterocycles. The fraction of sp³-hybridized carbons (Fsp3) is 0.647. The molecule has 110 valence electrons. The maximum atomic E-state index is 3.78. The monoisotopic (exact) mass is 336 g/mol. The van der Waals surface area contributed by atoms with Crippen LogP contribution in [0.25, 0.3) is 0 Å². The van der Waals surface area contributed by atoms with E-state index < -0.39 is 0 Å². The van der Waals surface area contributed by atoms with Gasteiger partial charge < -0.3 is 10.2 Å². The van der Waals surface area contributed by atoms with E-state index in [1.54, 1.807) is 0 Å². The molecule has 1 saturated carbocycles. The smallest absolute Gasteiger partial charge is 0.0513 e. The topological polar surface area (TPSA) is 15.3 Å². The molecule has 3 heteroatoms. The highest BCUT2D eigenvalue weighted by atomic mass is 79.9. The first-order chi connectivity index (χ1) is 9.63. The highest BCUT2D eigenvalue weighted by molar-refractivity contribution is 9.10. The van der Waals surface area contributed by atoms with Crippen LogP contribution >= 0.6 is 15.9 Å². The molecule has 3 rings (SSSR count). The molecular weight excluding hydrogens is 312 g/mol. The third-order valence-corrected chi connectivity index (χ3v) is 5.25. The Kier molecular flexibility index (Phi) is 4.37. The third-order valence-electron chi connectivity index (χ3n) is 4.61. The highest BCUT2D eigenvalue weighted by Crippen LogP contribution is 2.33. The van der Waals surface area contributed by atoms with E-state index in [4.69, 9.17) is 0 Å². The second-order valence-electron chi connectivity index (χ2n) is 6.62. The van der Waals surface area contributed by atoms with Crippen LogP contribution in [0.4, 0.5) is 5.69 Å². The second-order valence-corrected chi connectivity index (χ2v) is 7.48. The molecule has 1 aliphatic carbocycles. The number of nitrogens with one attached hydrogen (secondary N) is 1. The number of benzene rings is 1. The summed E-state index contributed by atoms with van der Waals surface area (Å²) in [7, 11) is 0. The molecule has 2 unspecified atom stereocenters. The van der Waals surface area contributed by atoms with Crippen LogP contribution in [0.1, 0.15) is 45.1 Å². The standard InChI is InChI=1S/C17H25BrN2/c1-12-3-4-13(2)20(11-12)17-8-5-14(9-16(17)18)10-19-15-6-7-15/h5,8-9,12-13,15,19H,3-4,6-7,10-11H2,1-2H3. The predicted octanol–water partition coefficient (Wildman–Crippen LogP) is 4.33. The van der Waals surface area contributed by atoms with Gasteiger partial charge >= 0.3 is 0 Å². The van der Waals surface area contributed by atoms with Gasteiger partial charge in [-0.05, 0) is 72.2 Å². The maximum Gasteiger partial charge on any atom is 0.0513 e. The average Bonchev–Trinajstić information content (AvgIpc) is 3.24. The Hall–Kier alpha value is -0.540. The zero-order valence-electron chi connectivity index (χ0n) is 12.5. The number of nitrogens with zero attached hydrogens (tertiary/aromatic N) is 1. The van der Waals surface area contributed by atoms with E-state index >= 15 is 0 Å². The summed E-state index contributed by atoms with van der Waals surface area (Å²) in [5.74, 6) is 0.800. The zero-order chi connectivity index (χ0) is 14.1. The summed E-state index contributed by atoms with van der Waals surface area (Å²) in [5.41, 5.74) is 2.74. The molecule has 0 aromatic heterocycles. The molecule has 1 aliphatic heterocycles. The fourth-order valence-corrected chi connectivity index (χ4v) is 3.72. The molecule has 2 fully saturated rings. The van der Waals surface area contributed by atoms with Crippen molar-refractivity contribution >= 4 is 21.6 Å². The van der Waals surface area contributed by atoms with Crippen molar-refractivity contribution in [3.63, 3.8) is 0 Å². The third kappa shape index (κ3) is 3.37. The molecule has 2 atom stereocenters. The van der Waals surface area contributed by atoms with E-state index in [0.717, 1.165) is 18.5 Å². The molecule has 0 radical (unpaired) electrons. The van der Waals surface area contributed by atoms with Crippen molar-refractivity contribution in [1.29, 1.82) is 0 Å². The Morgan fingerprint density at radius 3 is 2.70 bits per heavy atom. The molecular formula is C17H25BrN2. The van der Waals surface area contributed by atoms with E-state index in [1.807, 2.05) is 0 Å². The summed E-state index contributed by atoms with van der Waals surface area (Å²) < 4.78 is 1.24. The van der Waals surface area contributed by atoms with Crippen molar-refractivity contribution in [1.82, 2.24) is 5.32 Å². The van der Waals surface area contributed by atoms with Crippen LogP contribution in [-0.4, -0.2) is 18.6 Å². The van der Waals surface area contributed by atoms with Crippen LogP contribution in [-0.2, 0) is 6.54 Å². The predicted molar refractivity (Wildman–Crippen MR) is 89.2 cm³/mol. The summed E-state index contributed by atoms with van der Waals surface area (Å²) in [6.45, 7) is 6.89. The van der Waals surface area contributed by atoms with E-state index in [1.165, 1.54) is 48.0 Å². The molecule has 20 heavy (non-hydrogen) atoms. The Balaban J connectivity index is 1.71. The lowest BCUT2D eigenvalue weighted by Crippen LogP contribution is -2.41. The van der Waals surface area contributed by atoms with Crippen LogP contribution in [0, 0.1) is 5.92 Å². The minimum Gasteiger partial charge on any atom is -0.368 e. The first-order valence-corrected chi connectivity index (χ1v) is 8.71. The Bertz CT molecular complexity index is 470. The van der Waals surface area contributed by atoms with E-state index in [9.17, 15) is 0 Å². The van der Waals surface area contributed by atoms with Crippen LogP contribution in [0.2, 0.25) is 0 Å². The fourth-order valence-electron chi connectivity index (χ4n) is 3.07. The minimum absolute atomic E-state index is 0.651. The molecule has 1 aromatic carbocycles. The molecule has 2 nitrogen and oxygen atoms in total. The van der Waals surface area contributed by atoms with Gasteiger partial charge in [0.2, 0.25) is 0 Å². The van der Waals surface area contributed by atoms with Gasteiger partial charge in [0.05, 0.1) is 5.69 Å². The summed E-state index contributed by atoms with van der Waals surface area (Å²) in [5, 5.41) is 3.58. The number of rotatable bonds is 4. The molecule has 1 aromatic rings. The van der Waals surface area contributed by atoms with Crippen molar-refractivity contribution in [2.24, 2.45) is 5.92 Å². The van der Waals surface area contributed by atoms with Gasteiger partial charge in [0.1, 0.15) is 0 Å². The van der Waals surface area contributed by atoms with Gasteiger partial charge in [-0.25, -0.2) is 0 Å². The van der Waals surface area contributed by atoms with Crippen LogP contribution < -0.4 is 10.2 Å². The van der Waals surface area contributed by atoms with Gasteiger partial charge in [0.15, 0.2) is 0 Å². The van der Waals surface area contributed by atoms with Gasteiger partial charge in [-0.15, -0.1) is 0 Å². The molecule has 2 aliphatic rings. The molecule has 1 N–H and O–H groups in total. The van der Waals surface area contributed by atoms with E-state index in [-0.39, 0.29) is 0 Å². The Labute approximate surface area is 131 Å². The Morgan fingerprint density at radius 1 is 1.20 bits per heavy atom. The molecule has 0 amide bonds. The highest BCUT2D eigenvalue weighted by Gasteiger charge is 2.24. The second kappa shape index (κ2) is 6.07. The molecule has 0 spiro atoms. The number of piperidine rings is 1. The lowest BCUT2D eigenvalue weighted by molar-refractivity contribution is 0.390. The number of hydrogen-bond acceptors (Lipinski definition) is 2. The van der Waals surface area contributed by atoms with Crippen LogP contribution in [0.5, 0.6) is 0 Å². The van der Waals surface area contributed by atoms with Crippen LogP contribution in [0.15, 0.2) is 22.7 Å². The van der Waals surface area contributed by atoms with Crippen molar-refractivity contribution in [3.05, 3.63) is 28.2 Å². The van der Waals surface area contributed by atoms with Crippen molar-refractivity contribution in [3.8, 4) is 0 Å². The lowest BCUT2D eigenvalue weighted by Gasteiger charge is -2.39. The number of hydrogen-bond donors (Lipinski definition) is 1. The first kappa shape index (κ1) is 14.4. The van der Waals surface area contributed by atoms with Gasteiger partial charge in [0, 0.05) is 29.6 Å². The summed E-state index contributed by atoms with van der Waals surface area (Å²) in [6.07, 6.45) is 5.36. The van der Waals surface area contributed by atoms with Gasteiger partial charge in [0.25, 0.3) is 0 Å². The SMILES string of the molecule is CC1CCC(C)N(c2ccc(CNC3CC3)cc2Br)C1. The zero-order valence-corrected chi connectivity index (χ0v) is 14.1. The minimum atomic E-state index is 0.651. The largest absolute Gasteiger partial charge is 0.368 e. The van der Waals surface area contributed by atoms with Gasteiger partial charge in [-0.2, -0.15) is 0 Å². The quantitative estimate of drug-likeness (QED) is 0.880. The number of anilines is 1.